The lowest BCUT2D eigenvalue weighted by molar-refractivity contribution is -0.124. The topological polar surface area (TPSA) is 151 Å². The van der Waals surface area contributed by atoms with E-state index in [0.29, 0.717) is 6.42 Å². The lowest BCUT2D eigenvalue weighted by Gasteiger charge is -2.24. The molecule has 350 valence electrons. The van der Waals surface area contributed by atoms with Crippen LogP contribution in [0.5, 0.6) is 0 Å². The molecule has 0 aromatic carbocycles. The highest BCUT2D eigenvalue weighted by Gasteiger charge is 2.27. The number of hydrogen-bond donors (Lipinski definition) is 5. The van der Waals surface area contributed by atoms with Crippen molar-refractivity contribution in [3.8, 4) is 0 Å². The maximum absolute atomic E-state index is 12.9. The molecule has 4 atom stereocenters. The van der Waals surface area contributed by atoms with Crippen LogP contribution in [0, 0.1) is 0 Å². The Balaban J connectivity index is 4.23. The molecule has 0 saturated heterocycles. The van der Waals surface area contributed by atoms with Gasteiger partial charge in [0.15, 0.2) is 0 Å². The number of carbonyl (C=O) groups excluding carboxylic acids is 1. The van der Waals surface area contributed by atoms with E-state index in [4.69, 9.17) is 14.8 Å². The van der Waals surface area contributed by atoms with Gasteiger partial charge in [-0.15, -0.1) is 0 Å². The van der Waals surface area contributed by atoms with Crippen LogP contribution in [0.3, 0.4) is 0 Å². The second-order valence-corrected chi connectivity index (χ2v) is 18.7. The first kappa shape index (κ1) is 57.9. The quantitative estimate of drug-likeness (QED) is 0.0230. The average molecular weight is 857 g/mol. The fraction of sp³-hybridized carbons (Fsp3) is 0.898. The Hall–Kier alpha value is -1.06. The highest BCUT2D eigenvalue weighted by Crippen LogP contribution is 2.43. The largest absolute Gasteiger partial charge is 0.472 e. The number of carbonyl (C=O) groups is 1. The molecular weight excluding hydrogens is 760 g/mol. The van der Waals surface area contributed by atoms with Gasteiger partial charge in [-0.05, 0) is 44.9 Å². The van der Waals surface area contributed by atoms with E-state index >= 15 is 0 Å². The summed E-state index contributed by atoms with van der Waals surface area (Å²) in [5.74, 6) is -0.448. The van der Waals surface area contributed by atoms with Crippen molar-refractivity contribution < 1.29 is 33.5 Å². The second kappa shape index (κ2) is 45.0. The van der Waals surface area contributed by atoms with Crippen molar-refractivity contribution in [3.63, 3.8) is 0 Å². The van der Waals surface area contributed by atoms with Crippen LogP contribution < -0.4 is 11.1 Å². The molecule has 4 unspecified atom stereocenters. The maximum atomic E-state index is 12.9. The van der Waals surface area contributed by atoms with Crippen molar-refractivity contribution >= 4 is 13.7 Å². The predicted octanol–water partition coefficient (Wildman–Crippen LogP) is 13.5. The molecule has 0 heterocycles. The number of rotatable bonds is 47. The maximum Gasteiger partial charge on any atom is 0.472 e. The molecule has 9 nitrogen and oxygen atoms in total. The summed E-state index contributed by atoms with van der Waals surface area (Å²) in [4.78, 5) is 22.8. The van der Waals surface area contributed by atoms with Crippen LogP contribution in [0.1, 0.15) is 245 Å². The SMILES string of the molecule is CCCCCCCCCC/C=C\CCCCCCCC(O)CC(=O)NC(COP(=O)(O)OCCN)C(O)/C=C/CCCCCCCCCCCCCCCCCCCC. The van der Waals surface area contributed by atoms with E-state index in [9.17, 15) is 24.5 Å². The van der Waals surface area contributed by atoms with E-state index in [-0.39, 0.29) is 19.6 Å². The first-order valence-corrected chi connectivity index (χ1v) is 26.5. The van der Waals surface area contributed by atoms with E-state index in [2.05, 4.69) is 31.3 Å². The van der Waals surface area contributed by atoms with E-state index in [0.717, 1.165) is 51.4 Å². The Labute approximate surface area is 364 Å². The Bertz CT molecular complexity index is 997. The van der Waals surface area contributed by atoms with Crippen LogP contribution in [0.4, 0.5) is 0 Å². The van der Waals surface area contributed by atoms with Gasteiger partial charge in [0, 0.05) is 6.54 Å². The van der Waals surface area contributed by atoms with Crippen molar-refractivity contribution in [1.82, 2.24) is 5.32 Å². The molecule has 0 saturated carbocycles. The smallest absolute Gasteiger partial charge is 0.393 e. The Morgan fingerprint density at radius 2 is 0.949 bits per heavy atom. The van der Waals surface area contributed by atoms with Crippen molar-refractivity contribution in [3.05, 3.63) is 24.3 Å². The van der Waals surface area contributed by atoms with Gasteiger partial charge < -0.3 is 26.2 Å². The number of aliphatic hydroxyl groups excluding tert-OH is 2. The summed E-state index contributed by atoms with van der Waals surface area (Å²) in [5.41, 5.74) is 5.38. The van der Waals surface area contributed by atoms with Crippen LogP contribution in [-0.4, -0.2) is 59.0 Å². The fourth-order valence-corrected chi connectivity index (χ4v) is 8.28. The van der Waals surface area contributed by atoms with E-state index in [1.54, 1.807) is 6.08 Å². The first-order chi connectivity index (χ1) is 28.8. The summed E-state index contributed by atoms with van der Waals surface area (Å²) in [6.07, 6.45) is 49.8. The van der Waals surface area contributed by atoms with Crippen LogP contribution >= 0.6 is 7.82 Å². The molecular formula is C49H97N2O7P. The number of phosphoric acid groups is 1. The molecule has 0 aliphatic rings. The molecule has 0 aromatic rings. The molecule has 0 aliphatic heterocycles. The number of unbranched alkanes of at least 4 members (excludes halogenated alkanes) is 31. The zero-order valence-corrected chi connectivity index (χ0v) is 39.5. The third kappa shape index (κ3) is 43.4. The summed E-state index contributed by atoms with van der Waals surface area (Å²) < 4.78 is 22.2. The zero-order chi connectivity index (χ0) is 43.3. The fourth-order valence-electron chi connectivity index (χ4n) is 7.53. The lowest BCUT2D eigenvalue weighted by atomic mass is 10.0. The minimum atomic E-state index is -4.40. The number of allylic oxidation sites excluding steroid dienone is 3. The van der Waals surface area contributed by atoms with Crippen LogP contribution in [0.25, 0.3) is 0 Å². The standard InChI is InChI=1S/C49H97N2O7P/c1-3-5-7-9-11-13-15-17-19-21-22-23-25-27-29-31-33-35-37-39-41-48(53)47(45-58-59(55,56)57-43-42-50)51-49(54)44-46(52)40-38-36-34-32-30-28-26-24-20-18-16-14-12-10-8-6-4-2/h24,26,39,41,46-48,52-53H,3-23,25,27-38,40,42-45,50H2,1-2H3,(H,51,54)(H,55,56)/b26-24-,41-39+. The van der Waals surface area contributed by atoms with Gasteiger partial charge in [-0.1, -0.05) is 218 Å². The molecule has 0 fully saturated rings. The van der Waals surface area contributed by atoms with Crippen molar-refractivity contribution in [2.45, 2.75) is 263 Å². The summed E-state index contributed by atoms with van der Waals surface area (Å²) in [6, 6.07) is -0.984. The number of hydrogen-bond acceptors (Lipinski definition) is 7. The first-order valence-electron chi connectivity index (χ1n) is 25.0. The van der Waals surface area contributed by atoms with Crippen LogP contribution in [0.15, 0.2) is 24.3 Å². The minimum absolute atomic E-state index is 0.0492. The Kier molecular flexibility index (Phi) is 44.2. The van der Waals surface area contributed by atoms with Crippen LogP contribution in [-0.2, 0) is 18.4 Å². The molecule has 0 spiro atoms. The lowest BCUT2D eigenvalue weighted by Crippen LogP contribution is -2.46. The monoisotopic (exact) mass is 857 g/mol. The number of aliphatic hydroxyl groups is 2. The summed E-state index contributed by atoms with van der Waals surface area (Å²) >= 11 is 0. The molecule has 59 heavy (non-hydrogen) atoms. The Morgan fingerprint density at radius 1 is 0.576 bits per heavy atom. The summed E-state index contributed by atoms with van der Waals surface area (Å²) in [5, 5.41) is 24.1. The molecule has 0 bridgehead atoms. The van der Waals surface area contributed by atoms with Gasteiger partial charge in [0.2, 0.25) is 5.91 Å². The van der Waals surface area contributed by atoms with Gasteiger partial charge in [-0.25, -0.2) is 4.57 Å². The third-order valence-corrected chi connectivity index (χ3v) is 12.3. The molecule has 0 radical (unpaired) electrons. The number of amides is 1. The predicted molar refractivity (Wildman–Crippen MR) is 251 cm³/mol. The summed E-state index contributed by atoms with van der Waals surface area (Å²) in [6.45, 7) is 4.00. The van der Waals surface area contributed by atoms with Crippen molar-refractivity contribution in [2.75, 3.05) is 19.8 Å². The molecule has 6 N–H and O–H groups in total. The number of nitrogens with one attached hydrogen (secondary N) is 1. The molecule has 10 heteroatoms. The average Bonchev–Trinajstić information content (AvgIpc) is 3.21. The molecule has 0 aliphatic carbocycles. The number of nitrogens with two attached hydrogens (primary N) is 1. The molecule has 0 aromatic heterocycles. The number of phosphoric ester groups is 1. The van der Waals surface area contributed by atoms with Gasteiger partial charge in [0.1, 0.15) is 0 Å². The van der Waals surface area contributed by atoms with E-state index < -0.39 is 38.6 Å². The second-order valence-electron chi connectivity index (χ2n) is 17.2. The molecule has 1 amide bonds. The van der Waals surface area contributed by atoms with Gasteiger partial charge in [-0.2, -0.15) is 0 Å². The molecule has 0 rings (SSSR count). The van der Waals surface area contributed by atoms with Crippen LogP contribution in [0.2, 0.25) is 0 Å². The zero-order valence-electron chi connectivity index (χ0n) is 38.6. The van der Waals surface area contributed by atoms with Crippen molar-refractivity contribution in [1.29, 1.82) is 0 Å². The van der Waals surface area contributed by atoms with Gasteiger partial charge in [0.05, 0.1) is 37.9 Å². The minimum Gasteiger partial charge on any atom is -0.393 e. The van der Waals surface area contributed by atoms with E-state index in [1.807, 2.05) is 6.08 Å². The van der Waals surface area contributed by atoms with E-state index in [1.165, 1.54) is 167 Å². The highest BCUT2D eigenvalue weighted by atomic mass is 31.2. The van der Waals surface area contributed by atoms with Crippen molar-refractivity contribution in [2.24, 2.45) is 5.73 Å². The Morgan fingerprint density at radius 3 is 1.36 bits per heavy atom. The highest BCUT2D eigenvalue weighted by molar-refractivity contribution is 7.47. The normalized spacial score (nSPS) is 14.6. The summed E-state index contributed by atoms with van der Waals surface area (Å²) in [7, 11) is -4.40. The third-order valence-electron chi connectivity index (χ3n) is 11.3. The van der Waals surface area contributed by atoms with Gasteiger partial charge in [-0.3, -0.25) is 13.8 Å². The van der Waals surface area contributed by atoms with Gasteiger partial charge >= 0.3 is 7.82 Å². The van der Waals surface area contributed by atoms with Gasteiger partial charge in [0.25, 0.3) is 0 Å².